The predicted octanol–water partition coefficient (Wildman–Crippen LogP) is 3.99. The van der Waals surface area contributed by atoms with E-state index in [0.29, 0.717) is 48.2 Å². The van der Waals surface area contributed by atoms with Crippen LogP contribution in [0.3, 0.4) is 0 Å². The Labute approximate surface area is 192 Å². The molecule has 0 bridgehead atoms. The molecule has 0 radical (unpaired) electrons. The van der Waals surface area contributed by atoms with Crippen molar-refractivity contribution in [2.24, 2.45) is 4.99 Å². The van der Waals surface area contributed by atoms with Crippen LogP contribution in [-0.2, 0) is 25.9 Å². The van der Waals surface area contributed by atoms with Gasteiger partial charge in [-0.3, -0.25) is 13.9 Å². The van der Waals surface area contributed by atoms with E-state index in [1.54, 1.807) is 0 Å². The predicted molar refractivity (Wildman–Crippen MR) is 119 cm³/mol. The van der Waals surface area contributed by atoms with Gasteiger partial charge in [0, 0.05) is 25.9 Å². The summed E-state index contributed by atoms with van der Waals surface area (Å²) in [6.07, 6.45) is 3.35. The van der Waals surface area contributed by atoms with E-state index in [4.69, 9.17) is 16.1 Å². The summed E-state index contributed by atoms with van der Waals surface area (Å²) in [5, 5.41) is 4.11. The Morgan fingerprint density at radius 1 is 1.12 bits per heavy atom. The Bertz CT molecular complexity index is 1330. The first-order valence-corrected chi connectivity index (χ1v) is 11.1. The number of rotatable bonds is 9. The molecule has 1 aliphatic heterocycles. The van der Waals surface area contributed by atoms with Gasteiger partial charge >= 0.3 is 5.69 Å². The summed E-state index contributed by atoms with van der Waals surface area (Å²) in [6.45, 7) is 2.70. The molecule has 4 rings (SSSR count). The van der Waals surface area contributed by atoms with Gasteiger partial charge < -0.3 is 4.52 Å². The lowest BCUT2D eigenvalue weighted by Crippen LogP contribution is -2.41. The summed E-state index contributed by atoms with van der Waals surface area (Å²) in [5.41, 5.74) is -0.432. The molecule has 0 saturated heterocycles. The smallest absolute Gasteiger partial charge is 0.332 e. The maximum Gasteiger partial charge on any atom is 0.332 e. The van der Waals surface area contributed by atoms with Gasteiger partial charge in [0.25, 0.3) is 11.4 Å². The lowest BCUT2D eigenvalue weighted by atomic mass is 10.2. The highest BCUT2D eigenvalue weighted by Gasteiger charge is 2.24. The average molecular weight is 478 g/mol. The SMILES string of the molecule is CCCCn1c2c(c(=O)n(CCCCc3noc(-c4cccc(F)c4F)n3)c1=O)CC(Cl)=N2. The molecule has 3 aromatic rings. The molecule has 1 aromatic carbocycles. The molecule has 0 saturated carbocycles. The maximum atomic E-state index is 13.9. The third-order valence-corrected chi connectivity index (χ3v) is 5.68. The standard InChI is InChI=1S/C22H22ClF2N5O3/c1-2-3-10-29-19-14(12-16(23)26-19)21(31)30(22(29)32)11-5-4-9-17-27-20(33-28-17)13-7-6-8-15(24)18(13)25/h6-8H,2-5,9-12H2,1H3. The second-order valence-corrected chi connectivity index (χ2v) is 8.22. The molecule has 0 fully saturated rings. The van der Waals surface area contributed by atoms with Crippen molar-refractivity contribution in [3.8, 4) is 11.5 Å². The molecular formula is C22H22ClF2N5O3. The number of aliphatic imine (C=N–C) groups is 1. The Kier molecular flexibility index (Phi) is 6.83. The molecule has 0 spiro atoms. The zero-order valence-electron chi connectivity index (χ0n) is 18.0. The second-order valence-electron chi connectivity index (χ2n) is 7.79. The van der Waals surface area contributed by atoms with Gasteiger partial charge in [-0.2, -0.15) is 4.98 Å². The molecule has 0 atom stereocenters. The molecule has 1 aliphatic rings. The summed E-state index contributed by atoms with van der Waals surface area (Å²) >= 11 is 6.04. The maximum absolute atomic E-state index is 13.9. The van der Waals surface area contributed by atoms with E-state index in [1.807, 2.05) is 6.92 Å². The lowest BCUT2D eigenvalue weighted by molar-refractivity contribution is 0.416. The van der Waals surface area contributed by atoms with Crippen LogP contribution in [0.5, 0.6) is 0 Å². The minimum absolute atomic E-state index is 0.104. The van der Waals surface area contributed by atoms with Crippen LogP contribution in [0.2, 0.25) is 0 Å². The third kappa shape index (κ3) is 4.66. The van der Waals surface area contributed by atoms with E-state index in [-0.39, 0.29) is 30.0 Å². The van der Waals surface area contributed by atoms with Crippen LogP contribution in [0.1, 0.15) is 44.0 Å². The molecular weight excluding hydrogens is 456 g/mol. The van der Waals surface area contributed by atoms with E-state index in [9.17, 15) is 18.4 Å². The first-order valence-electron chi connectivity index (χ1n) is 10.8. The van der Waals surface area contributed by atoms with Gasteiger partial charge in [0.15, 0.2) is 17.5 Å². The fraction of sp³-hybridized carbons (Fsp3) is 0.409. The summed E-state index contributed by atoms with van der Waals surface area (Å²) in [6, 6.07) is 3.72. The van der Waals surface area contributed by atoms with Crippen molar-refractivity contribution in [2.75, 3.05) is 0 Å². The number of aromatic nitrogens is 4. The van der Waals surface area contributed by atoms with Crippen LogP contribution in [0.25, 0.3) is 11.5 Å². The Hall–Kier alpha value is -3.14. The number of unbranched alkanes of at least 4 members (excludes halogenated alkanes) is 2. The zero-order valence-corrected chi connectivity index (χ0v) is 18.7. The average Bonchev–Trinajstić information content (AvgIpc) is 3.42. The number of halogens is 3. The van der Waals surface area contributed by atoms with Crippen molar-refractivity contribution < 1.29 is 13.3 Å². The number of aryl methyl sites for hydroxylation is 1. The molecule has 0 N–H and O–H groups in total. The van der Waals surface area contributed by atoms with Crippen molar-refractivity contribution >= 4 is 22.6 Å². The highest BCUT2D eigenvalue weighted by atomic mass is 35.5. The molecule has 11 heteroatoms. The Morgan fingerprint density at radius 3 is 2.70 bits per heavy atom. The number of hydrogen-bond donors (Lipinski definition) is 0. The van der Waals surface area contributed by atoms with Crippen molar-refractivity contribution in [2.45, 2.75) is 58.5 Å². The first kappa shape index (κ1) is 23.0. The lowest BCUT2D eigenvalue weighted by Gasteiger charge is -2.13. The second kappa shape index (κ2) is 9.78. The van der Waals surface area contributed by atoms with Crippen LogP contribution in [0, 0.1) is 11.6 Å². The fourth-order valence-electron chi connectivity index (χ4n) is 3.73. The van der Waals surface area contributed by atoms with Gasteiger partial charge in [0.05, 0.1) is 11.1 Å². The molecule has 3 heterocycles. The Morgan fingerprint density at radius 2 is 1.91 bits per heavy atom. The number of nitrogens with zero attached hydrogens (tertiary/aromatic N) is 5. The third-order valence-electron chi connectivity index (χ3n) is 5.46. The largest absolute Gasteiger partial charge is 0.334 e. The van der Waals surface area contributed by atoms with Crippen molar-refractivity contribution in [3.05, 3.63) is 62.1 Å². The molecule has 0 aliphatic carbocycles. The van der Waals surface area contributed by atoms with Gasteiger partial charge in [0.1, 0.15) is 11.0 Å². The monoisotopic (exact) mass is 477 g/mol. The summed E-state index contributed by atoms with van der Waals surface area (Å²) in [5.74, 6) is -1.46. The molecule has 0 unspecified atom stereocenters. The van der Waals surface area contributed by atoms with Gasteiger partial charge in [0.2, 0.25) is 0 Å². The first-order chi connectivity index (χ1) is 15.9. The quantitative estimate of drug-likeness (QED) is 0.434. The van der Waals surface area contributed by atoms with E-state index in [0.717, 1.165) is 18.9 Å². The Balaban J connectivity index is 1.44. The topological polar surface area (TPSA) is 95.3 Å². The van der Waals surface area contributed by atoms with E-state index in [1.165, 1.54) is 21.3 Å². The minimum Gasteiger partial charge on any atom is -0.334 e. The van der Waals surface area contributed by atoms with Crippen LogP contribution >= 0.6 is 11.6 Å². The summed E-state index contributed by atoms with van der Waals surface area (Å²) in [4.78, 5) is 34.1. The van der Waals surface area contributed by atoms with Gasteiger partial charge in [-0.15, -0.1) is 0 Å². The zero-order chi connectivity index (χ0) is 23.5. The van der Waals surface area contributed by atoms with Crippen molar-refractivity contribution in [3.63, 3.8) is 0 Å². The van der Waals surface area contributed by atoms with Crippen molar-refractivity contribution in [1.29, 1.82) is 0 Å². The van der Waals surface area contributed by atoms with Crippen LogP contribution in [-0.4, -0.2) is 24.4 Å². The van der Waals surface area contributed by atoms with Crippen LogP contribution in [0.4, 0.5) is 14.6 Å². The minimum atomic E-state index is -1.05. The highest BCUT2D eigenvalue weighted by Crippen LogP contribution is 2.25. The van der Waals surface area contributed by atoms with E-state index < -0.39 is 17.3 Å². The molecule has 8 nitrogen and oxygen atoms in total. The molecule has 33 heavy (non-hydrogen) atoms. The van der Waals surface area contributed by atoms with Crippen molar-refractivity contribution in [1.82, 2.24) is 19.3 Å². The summed E-state index contributed by atoms with van der Waals surface area (Å²) in [7, 11) is 0. The molecule has 174 valence electrons. The van der Waals surface area contributed by atoms with Crippen LogP contribution < -0.4 is 11.2 Å². The molecule has 2 aromatic heterocycles. The van der Waals surface area contributed by atoms with Gasteiger partial charge in [-0.05, 0) is 31.4 Å². The van der Waals surface area contributed by atoms with Gasteiger partial charge in [-0.1, -0.05) is 36.2 Å². The van der Waals surface area contributed by atoms with Gasteiger partial charge in [-0.25, -0.2) is 18.6 Å². The molecule has 0 amide bonds. The highest BCUT2D eigenvalue weighted by molar-refractivity contribution is 6.66. The van der Waals surface area contributed by atoms with Crippen LogP contribution in [0.15, 0.2) is 37.3 Å². The van der Waals surface area contributed by atoms with E-state index >= 15 is 0 Å². The summed E-state index contributed by atoms with van der Waals surface area (Å²) < 4.78 is 35.1. The number of hydrogen-bond acceptors (Lipinski definition) is 6. The normalized spacial score (nSPS) is 12.8. The van der Waals surface area contributed by atoms with E-state index in [2.05, 4.69) is 15.1 Å². The fourth-order valence-corrected chi connectivity index (χ4v) is 3.94. The number of fused-ring (bicyclic) bond motifs is 1. The number of benzene rings is 1.